The molecule has 0 aliphatic carbocycles. The Balaban J connectivity index is 1.51. The lowest BCUT2D eigenvalue weighted by Gasteiger charge is -2.31. The van der Waals surface area contributed by atoms with Crippen molar-refractivity contribution in [1.82, 2.24) is 9.62 Å². The van der Waals surface area contributed by atoms with Crippen molar-refractivity contribution in [3.05, 3.63) is 54.2 Å². The minimum atomic E-state index is -3.64. The molecule has 6 nitrogen and oxygen atoms in total. The molecule has 1 fully saturated rings. The van der Waals surface area contributed by atoms with E-state index in [0.717, 1.165) is 25.0 Å². The van der Waals surface area contributed by atoms with Crippen LogP contribution in [-0.2, 0) is 21.4 Å². The molecular formula is C19H23FN2O4S. The number of carbonyl (C=O) groups is 1. The number of hydrogen-bond donors (Lipinski definition) is 1. The predicted octanol–water partition coefficient (Wildman–Crippen LogP) is 2.92. The number of amides is 1. The number of carbonyl (C=O) groups excluding carboxylic acids is 1. The largest absolute Gasteiger partial charge is 0.467 e. The van der Waals surface area contributed by atoms with E-state index in [9.17, 15) is 17.6 Å². The van der Waals surface area contributed by atoms with Crippen LogP contribution in [0.5, 0.6) is 0 Å². The molecule has 3 rings (SSSR count). The molecule has 146 valence electrons. The number of hydrogen-bond acceptors (Lipinski definition) is 4. The van der Waals surface area contributed by atoms with Gasteiger partial charge in [-0.3, -0.25) is 4.79 Å². The molecule has 1 aliphatic heterocycles. The molecule has 0 spiro atoms. The fraction of sp³-hybridized carbons (Fsp3) is 0.421. The monoisotopic (exact) mass is 394 g/mol. The highest BCUT2D eigenvalue weighted by molar-refractivity contribution is 7.89. The zero-order valence-electron chi connectivity index (χ0n) is 14.9. The summed E-state index contributed by atoms with van der Waals surface area (Å²) in [7, 11) is -3.64. The van der Waals surface area contributed by atoms with Gasteiger partial charge in [0.05, 0.1) is 17.7 Å². The molecule has 27 heavy (non-hydrogen) atoms. The molecule has 2 heterocycles. The van der Waals surface area contributed by atoms with E-state index in [1.807, 2.05) is 0 Å². The fourth-order valence-electron chi connectivity index (χ4n) is 3.26. The molecule has 1 aromatic carbocycles. The Morgan fingerprint density at radius 3 is 2.74 bits per heavy atom. The number of halogens is 1. The standard InChI is InChI=1S/C19H23FN2O4S/c20-16-6-8-18(9-7-16)27(24,25)22-11-1-3-15(14-22)5-10-19(23)21-13-17-4-2-12-26-17/h2,4,6-9,12,15H,1,3,5,10-11,13-14H2,(H,21,23). The van der Waals surface area contributed by atoms with Gasteiger partial charge in [0.15, 0.2) is 0 Å². The molecule has 1 aliphatic rings. The van der Waals surface area contributed by atoms with Gasteiger partial charge in [-0.05, 0) is 61.6 Å². The molecule has 0 bridgehead atoms. The summed E-state index contributed by atoms with van der Waals surface area (Å²) in [6.45, 7) is 1.17. The van der Waals surface area contributed by atoms with Crippen molar-refractivity contribution in [2.75, 3.05) is 13.1 Å². The van der Waals surface area contributed by atoms with Crippen LogP contribution >= 0.6 is 0 Å². The summed E-state index contributed by atoms with van der Waals surface area (Å²) in [5, 5.41) is 2.80. The summed E-state index contributed by atoms with van der Waals surface area (Å²) in [6.07, 6.45) is 4.16. The molecule has 1 unspecified atom stereocenters. The Labute approximate surface area is 158 Å². The van der Waals surface area contributed by atoms with Gasteiger partial charge in [-0.15, -0.1) is 0 Å². The Morgan fingerprint density at radius 1 is 1.26 bits per heavy atom. The predicted molar refractivity (Wildman–Crippen MR) is 97.7 cm³/mol. The van der Waals surface area contributed by atoms with Gasteiger partial charge in [-0.25, -0.2) is 12.8 Å². The summed E-state index contributed by atoms with van der Waals surface area (Å²) in [6, 6.07) is 8.43. The van der Waals surface area contributed by atoms with Crippen molar-refractivity contribution < 1.29 is 22.0 Å². The van der Waals surface area contributed by atoms with Crippen LogP contribution in [0, 0.1) is 11.7 Å². The summed E-state index contributed by atoms with van der Waals surface area (Å²) in [4.78, 5) is 12.1. The van der Waals surface area contributed by atoms with Crippen LogP contribution < -0.4 is 5.32 Å². The quantitative estimate of drug-likeness (QED) is 0.783. The molecule has 0 saturated carbocycles. The highest BCUT2D eigenvalue weighted by Gasteiger charge is 2.30. The minimum Gasteiger partial charge on any atom is -0.467 e. The van der Waals surface area contributed by atoms with E-state index >= 15 is 0 Å². The molecule has 1 aromatic heterocycles. The Hall–Kier alpha value is -2.19. The zero-order chi connectivity index (χ0) is 19.3. The van der Waals surface area contributed by atoms with E-state index in [4.69, 9.17) is 4.42 Å². The highest BCUT2D eigenvalue weighted by Crippen LogP contribution is 2.26. The normalized spacial score (nSPS) is 18.3. The fourth-order valence-corrected chi connectivity index (χ4v) is 4.81. The van der Waals surface area contributed by atoms with Crippen LogP contribution in [0.25, 0.3) is 0 Å². The molecule has 1 atom stereocenters. The first-order chi connectivity index (χ1) is 12.9. The molecule has 8 heteroatoms. The van der Waals surface area contributed by atoms with E-state index in [1.54, 1.807) is 18.4 Å². The molecule has 1 amide bonds. The molecule has 1 saturated heterocycles. The summed E-state index contributed by atoms with van der Waals surface area (Å²) < 4.78 is 45.1. The summed E-state index contributed by atoms with van der Waals surface area (Å²) in [5.41, 5.74) is 0. The average molecular weight is 394 g/mol. The van der Waals surface area contributed by atoms with Crippen molar-refractivity contribution >= 4 is 15.9 Å². The van der Waals surface area contributed by atoms with Crippen molar-refractivity contribution in [3.63, 3.8) is 0 Å². The van der Waals surface area contributed by atoms with Crippen LogP contribution in [-0.4, -0.2) is 31.7 Å². The van der Waals surface area contributed by atoms with Gasteiger partial charge in [0.2, 0.25) is 15.9 Å². The number of rotatable bonds is 7. The zero-order valence-corrected chi connectivity index (χ0v) is 15.8. The minimum absolute atomic E-state index is 0.0788. The SMILES string of the molecule is O=C(CCC1CCCN(S(=O)(=O)c2ccc(F)cc2)C1)NCc1ccco1. The third-order valence-corrected chi connectivity index (χ3v) is 6.63. The number of piperidine rings is 1. The Morgan fingerprint density at radius 2 is 2.04 bits per heavy atom. The van der Waals surface area contributed by atoms with E-state index in [1.165, 1.54) is 16.4 Å². The van der Waals surface area contributed by atoms with Gasteiger partial charge >= 0.3 is 0 Å². The van der Waals surface area contributed by atoms with Crippen molar-refractivity contribution in [2.24, 2.45) is 5.92 Å². The lowest BCUT2D eigenvalue weighted by atomic mass is 9.94. The molecule has 2 aromatic rings. The average Bonchev–Trinajstić information content (AvgIpc) is 3.19. The van der Waals surface area contributed by atoms with Crippen LogP contribution in [0.2, 0.25) is 0 Å². The second kappa shape index (κ2) is 8.67. The van der Waals surface area contributed by atoms with Crippen molar-refractivity contribution in [1.29, 1.82) is 0 Å². The van der Waals surface area contributed by atoms with Crippen molar-refractivity contribution in [2.45, 2.75) is 37.1 Å². The maximum Gasteiger partial charge on any atom is 0.243 e. The summed E-state index contributed by atoms with van der Waals surface area (Å²) >= 11 is 0. The lowest BCUT2D eigenvalue weighted by Crippen LogP contribution is -2.40. The van der Waals surface area contributed by atoms with Crippen LogP contribution in [0.15, 0.2) is 52.0 Å². The number of nitrogens with one attached hydrogen (secondary N) is 1. The topological polar surface area (TPSA) is 79.6 Å². The van der Waals surface area contributed by atoms with Gasteiger partial charge in [-0.1, -0.05) is 0 Å². The summed E-state index contributed by atoms with van der Waals surface area (Å²) in [5.74, 6) is 0.275. The number of benzene rings is 1. The smallest absolute Gasteiger partial charge is 0.243 e. The number of furan rings is 1. The van der Waals surface area contributed by atoms with E-state index in [0.29, 0.717) is 38.2 Å². The lowest BCUT2D eigenvalue weighted by molar-refractivity contribution is -0.121. The number of nitrogens with zero attached hydrogens (tertiary/aromatic N) is 1. The molecule has 0 radical (unpaired) electrons. The first kappa shape index (κ1) is 19.6. The van der Waals surface area contributed by atoms with Gasteiger partial charge in [0.1, 0.15) is 11.6 Å². The van der Waals surface area contributed by atoms with E-state index in [2.05, 4.69) is 5.32 Å². The third-order valence-electron chi connectivity index (χ3n) is 4.75. The van der Waals surface area contributed by atoms with Crippen LogP contribution in [0.4, 0.5) is 4.39 Å². The molecular weight excluding hydrogens is 371 g/mol. The Kier molecular flexibility index (Phi) is 6.28. The first-order valence-electron chi connectivity index (χ1n) is 9.00. The van der Waals surface area contributed by atoms with Gasteiger partial charge < -0.3 is 9.73 Å². The Bertz CT molecular complexity index is 850. The highest BCUT2D eigenvalue weighted by atomic mass is 32.2. The second-order valence-electron chi connectivity index (χ2n) is 6.72. The number of sulfonamides is 1. The van der Waals surface area contributed by atoms with Crippen LogP contribution in [0.1, 0.15) is 31.4 Å². The maximum atomic E-state index is 13.1. The first-order valence-corrected chi connectivity index (χ1v) is 10.4. The van der Waals surface area contributed by atoms with Gasteiger partial charge in [0, 0.05) is 19.5 Å². The second-order valence-corrected chi connectivity index (χ2v) is 8.66. The van der Waals surface area contributed by atoms with E-state index in [-0.39, 0.29) is 16.7 Å². The molecule has 1 N–H and O–H groups in total. The van der Waals surface area contributed by atoms with Gasteiger partial charge in [0.25, 0.3) is 0 Å². The van der Waals surface area contributed by atoms with E-state index < -0.39 is 15.8 Å². The van der Waals surface area contributed by atoms with Crippen LogP contribution in [0.3, 0.4) is 0 Å². The van der Waals surface area contributed by atoms with Gasteiger partial charge in [-0.2, -0.15) is 4.31 Å². The maximum absolute atomic E-state index is 13.1. The van der Waals surface area contributed by atoms with Crippen molar-refractivity contribution in [3.8, 4) is 0 Å². The third kappa shape index (κ3) is 5.17.